The minimum absolute atomic E-state index is 0.647. The molecule has 5 heteroatoms. The highest BCUT2D eigenvalue weighted by Crippen LogP contribution is 2.34. The van der Waals surface area contributed by atoms with Crippen LogP contribution in [0.5, 0.6) is 5.75 Å². The van der Waals surface area contributed by atoms with E-state index in [2.05, 4.69) is 10.2 Å². The molecule has 1 aromatic heterocycles. The van der Waals surface area contributed by atoms with Gasteiger partial charge in [-0.05, 0) is 18.6 Å². The number of anilines is 1. The van der Waals surface area contributed by atoms with Gasteiger partial charge in [0.2, 0.25) is 0 Å². The van der Waals surface area contributed by atoms with Crippen molar-refractivity contribution in [3.63, 3.8) is 0 Å². The summed E-state index contributed by atoms with van der Waals surface area (Å²) in [6.45, 7) is 1.54. The molecule has 0 atom stereocenters. The Labute approximate surface area is 92.9 Å². The molecular formula is C11H12N4O. The van der Waals surface area contributed by atoms with Crippen molar-refractivity contribution in [3.05, 3.63) is 24.5 Å². The molecule has 3 rings (SSSR count). The van der Waals surface area contributed by atoms with Crippen molar-refractivity contribution in [2.45, 2.75) is 13.0 Å². The fourth-order valence-corrected chi connectivity index (χ4v) is 1.93. The lowest BCUT2D eigenvalue weighted by atomic mass is 10.1. The van der Waals surface area contributed by atoms with E-state index in [-0.39, 0.29) is 0 Å². The van der Waals surface area contributed by atoms with Gasteiger partial charge in [0, 0.05) is 6.54 Å². The van der Waals surface area contributed by atoms with Crippen LogP contribution in [0.2, 0.25) is 0 Å². The monoisotopic (exact) mass is 216 g/mol. The van der Waals surface area contributed by atoms with E-state index in [0.717, 1.165) is 30.1 Å². The molecule has 0 aliphatic carbocycles. The van der Waals surface area contributed by atoms with E-state index in [1.54, 1.807) is 6.33 Å². The number of nitrogen functional groups attached to an aromatic ring is 1. The van der Waals surface area contributed by atoms with Gasteiger partial charge in [0.25, 0.3) is 0 Å². The molecule has 2 heterocycles. The molecule has 0 saturated carbocycles. The van der Waals surface area contributed by atoms with Crippen LogP contribution in [0.15, 0.2) is 24.5 Å². The molecule has 16 heavy (non-hydrogen) atoms. The Morgan fingerprint density at radius 3 is 3.25 bits per heavy atom. The summed E-state index contributed by atoms with van der Waals surface area (Å²) in [6.07, 6.45) is 2.67. The largest absolute Gasteiger partial charge is 0.491 e. The molecule has 0 unspecified atom stereocenters. The topological polar surface area (TPSA) is 66.0 Å². The van der Waals surface area contributed by atoms with Gasteiger partial charge < -0.3 is 15.0 Å². The van der Waals surface area contributed by atoms with Gasteiger partial charge in [-0.2, -0.15) is 0 Å². The second-order valence-electron chi connectivity index (χ2n) is 3.77. The highest BCUT2D eigenvalue weighted by atomic mass is 16.5. The maximum atomic E-state index is 5.91. The standard InChI is InChI=1S/C11H12N4O/c12-9-4-1-3-8-10(9)16-6-2-5-15-7-13-14-11(8)15/h1,3-4,7H,2,5-6,12H2. The Hall–Kier alpha value is -2.04. The molecule has 0 radical (unpaired) electrons. The number of para-hydroxylation sites is 1. The lowest BCUT2D eigenvalue weighted by Crippen LogP contribution is -2.11. The Bertz CT molecular complexity index is 520. The van der Waals surface area contributed by atoms with Gasteiger partial charge in [0.05, 0.1) is 17.9 Å². The maximum Gasteiger partial charge on any atom is 0.167 e. The van der Waals surface area contributed by atoms with E-state index in [9.17, 15) is 0 Å². The molecule has 5 nitrogen and oxygen atoms in total. The summed E-state index contributed by atoms with van der Waals surface area (Å²) >= 11 is 0. The number of benzene rings is 1. The third-order valence-electron chi connectivity index (χ3n) is 2.69. The number of hydrogen-bond acceptors (Lipinski definition) is 4. The molecule has 1 aromatic carbocycles. The second-order valence-corrected chi connectivity index (χ2v) is 3.77. The van der Waals surface area contributed by atoms with Crippen LogP contribution < -0.4 is 10.5 Å². The number of aryl methyl sites for hydroxylation is 1. The van der Waals surface area contributed by atoms with Crippen LogP contribution >= 0.6 is 0 Å². The van der Waals surface area contributed by atoms with Crippen molar-refractivity contribution in [2.24, 2.45) is 0 Å². The Morgan fingerprint density at radius 1 is 1.38 bits per heavy atom. The van der Waals surface area contributed by atoms with Gasteiger partial charge in [-0.15, -0.1) is 10.2 Å². The van der Waals surface area contributed by atoms with E-state index in [1.165, 1.54) is 0 Å². The third-order valence-corrected chi connectivity index (χ3v) is 2.69. The van der Waals surface area contributed by atoms with Crippen molar-refractivity contribution in [2.75, 3.05) is 12.3 Å². The summed E-state index contributed by atoms with van der Waals surface area (Å²) in [6, 6.07) is 5.69. The molecule has 1 aliphatic rings. The van der Waals surface area contributed by atoms with E-state index in [4.69, 9.17) is 10.5 Å². The highest BCUT2D eigenvalue weighted by Gasteiger charge is 2.17. The van der Waals surface area contributed by atoms with Gasteiger partial charge in [-0.1, -0.05) is 6.07 Å². The first kappa shape index (κ1) is 9.21. The second kappa shape index (κ2) is 3.52. The quantitative estimate of drug-likeness (QED) is 0.674. The van der Waals surface area contributed by atoms with Gasteiger partial charge in [0.15, 0.2) is 11.6 Å². The number of aromatic nitrogens is 3. The molecule has 0 bridgehead atoms. The average Bonchev–Trinajstić information content (AvgIpc) is 2.70. The minimum Gasteiger partial charge on any atom is -0.491 e. The molecule has 1 aliphatic heterocycles. The van der Waals surface area contributed by atoms with Crippen LogP contribution in [-0.2, 0) is 6.54 Å². The van der Waals surface area contributed by atoms with Crippen LogP contribution in [0, 0.1) is 0 Å². The van der Waals surface area contributed by atoms with E-state index < -0.39 is 0 Å². The minimum atomic E-state index is 0.647. The number of hydrogen-bond donors (Lipinski definition) is 1. The first-order valence-electron chi connectivity index (χ1n) is 5.26. The SMILES string of the molecule is Nc1cccc2c1OCCCn1cnnc1-2. The molecule has 0 fully saturated rings. The number of fused-ring (bicyclic) bond motifs is 3. The Kier molecular flexibility index (Phi) is 2.02. The number of rotatable bonds is 0. The van der Waals surface area contributed by atoms with Crippen LogP contribution in [0.3, 0.4) is 0 Å². The van der Waals surface area contributed by atoms with E-state index >= 15 is 0 Å². The van der Waals surface area contributed by atoms with Gasteiger partial charge >= 0.3 is 0 Å². The number of nitrogens with two attached hydrogens (primary N) is 1. The zero-order valence-corrected chi connectivity index (χ0v) is 8.76. The fraction of sp³-hybridized carbons (Fsp3) is 0.273. The molecule has 0 spiro atoms. The molecule has 2 N–H and O–H groups in total. The maximum absolute atomic E-state index is 5.91. The predicted molar refractivity (Wildman–Crippen MR) is 60.0 cm³/mol. The highest BCUT2D eigenvalue weighted by molar-refractivity contribution is 5.73. The van der Waals surface area contributed by atoms with Crippen molar-refractivity contribution in [3.8, 4) is 17.1 Å². The van der Waals surface area contributed by atoms with E-state index in [1.807, 2.05) is 22.8 Å². The zero-order chi connectivity index (χ0) is 11.0. The lowest BCUT2D eigenvalue weighted by molar-refractivity contribution is 0.300. The smallest absolute Gasteiger partial charge is 0.167 e. The first-order valence-corrected chi connectivity index (χ1v) is 5.26. The summed E-state index contributed by atoms with van der Waals surface area (Å²) in [7, 11) is 0. The molecular weight excluding hydrogens is 204 g/mol. The Morgan fingerprint density at radius 2 is 2.31 bits per heavy atom. The fourth-order valence-electron chi connectivity index (χ4n) is 1.93. The van der Waals surface area contributed by atoms with Crippen LogP contribution in [0.1, 0.15) is 6.42 Å². The van der Waals surface area contributed by atoms with Crippen molar-refractivity contribution in [1.29, 1.82) is 0 Å². The first-order chi connectivity index (χ1) is 7.86. The van der Waals surface area contributed by atoms with Gasteiger partial charge in [-0.25, -0.2) is 0 Å². The summed E-state index contributed by atoms with van der Waals surface area (Å²) < 4.78 is 7.71. The predicted octanol–water partition coefficient (Wildman–Crippen LogP) is 1.31. The normalized spacial score (nSPS) is 14.2. The summed E-state index contributed by atoms with van der Waals surface area (Å²) in [5.41, 5.74) is 7.47. The summed E-state index contributed by atoms with van der Waals surface area (Å²) in [5.74, 6) is 1.54. The van der Waals surface area contributed by atoms with Gasteiger partial charge in [-0.3, -0.25) is 0 Å². The van der Waals surface area contributed by atoms with Crippen LogP contribution in [-0.4, -0.2) is 21.4 Å². The van der Waals surface area contributed by atoms with Crippen molar-refractivity contribution < 1.29 is 4.74 Å². The summed E-state index contributed by atoms with van der Waals surface area (Å²) in [4.78, 5) is 0. The molecule has 0 amide bonds. The third kappa shape index (κ3) is 1.32. The summed E-state index contributed by atoms with van der Waals surface area (Å²) in [5, 5.41) is 8.05. The van der Waals surface area contributed by atoms with Crippen LogP contribution in [0.4, 0.5) is 5.69 Å². The van der Waals surface area contributed by atoms with Crippen molar-refractivity contribution >= 4 is 5.69 Å². The molecule has 0 saturated heterocycles. The number of nitrogens with zero attached hydrogens (tertiary/aromatic N) is 3. The van der Waals surface area contributed by atoms with E-state index in [0.29, 0.717) is 12.3 Å². The lowest BCUT2D eigenvalue weighted by Gasteiger charge is -2.17. The van der Waals surface area contributed by atoms with Crippen molar-refractivity contribution in [1.82, 2.24) is 14.8 Å². The Balaban J connectivity index is 2.24. The average molecular weight is 216 g/mol. The molecule has 82 valence electrons. The van der Waals surface area contributed by atoms with Gasteiger partial charge in [0.1, 0.15) is 6.33 Å². The zero-order valence-electron chi connectivity index (χ0n) is 8.76. The van der Waals surface area contributed by atoms with Crippen LogP contribution in [0.25, 0.3) is 11.4 Å². The number of ether oxygens (including phenoxy) is 1. The molecule has 2 aromatic rings.